The molecule has 0 saturated carbocycles. The monoisotopic (exact) mass is 380 g/mol. The largest absolute Gasteiger partial charge is 0.508 e. The Morgan fingerprint density at radius 2 is 1.75 bits per heavy atom. The predicted octanol–water partition coefficient (Wildman–Crippen LogP) is 2.16. The molecule has 0 radical (unpaired) electrons. The van der Waals surface area contributed by atoms with Gasteiger partial charge in [0.15, 0.2) is 5.69 Å². The molecular weight excluding hydrogens is 364 g/mol. The van der Waals surface area contributed by atoms with Crippen molar-refractivity contribution in [2.45, 2.75) is 0 Å². The zero-order chi connectivity index (χ0) is 20.3. The molecule has 142 valence electrons. The molecule has 0 amide bonds. The summed E-state index contributed by atoms with van der Waals surface area (Å²) in [6.07, 6.45) is 0. The van der Waals surface area contributed by atoms with Crippen molar-refractivity contribution in [3.8, 4) is 22.9 Å². The zero-order valence-corrected chi connectivity index (χ0v) is 15.1. The van der Waals surface area contributed by atoms with Crippen LogP contribution >= 0.6 is 0 Å². The first-order valence-corrected chi connectivity index (χ1v) is 8.18. The van der Waals surface area contributed by atoms with Gasteiger partial charge in [0.1, 0.15) is 11.6 Å². The van der Waals surface area contributed by atoms with E-state index < -0.39 is 28.9 Å². The second-order valence-electron chi connectivity index (χ2n) is 5.77. The molecule has 1 heterocycles. The number of carbonyl (C=O) groups is 2. The van der Waals surface area contributed by atoms with Crippen molar-refractivity contribution in [3.05, 3.63) is 76.2 Å². The Bertz CT molecular complexity index is 1110. The van der Waals surface area contributed by atoms with Crippen molar-refractivity contribution in [2.75, 3.05) is 7.11 Å². The van der Waals surface area contributed by atoms with Crippen LogP contribution in [0.2, 0.25) is 0 Å². The van der Waals surface area contributed by atoms with Crippen molar-refractivity contribution in [1.82, 2.24) is 9.55 Å². The lowest BCUT2D eigenvalue weighted by atomic mass is 10.2. The number of carbonyl (C=O) groups excluding carboxylic acids is 2. The summed E-state index contributed by atoms with van der Waals surface area (Å²) in [6, 6.07) is 14.0. The van der Waals surface area contributed by atoms with Gasteiger partial charge in [0.05, 0.1) is 12.7 Å². The van der Waals surface area contributed by atoms with Crippen LogP contribution < -0.4 is 10.3 Å². The maximum atomic E-state index is 12.8. The summed E-state index contributed by atoms with van der Waals surface area (Å²) in [4.78, 5) is 41.5. The number of esters is 2. The standard InChI is InChI=1S/C20H16N2O6/c1-22-17(13-9-6-10-14(23)11-13)21-15(20(26)27-2)16(18(22)24)28-19(25)12-7-4-3-5-8-12/h3-11,23H,1-2H3. The van der Waals surface area contributed by atoms with Crippen LogP contribution in [0, 0.1) is 0 Å². The number of phenolic OH excluding ortho intramolecular Hbond substituents is 1. The average Bonchev–Trinajstić information content (AvgIpc) is 2.71. The summed E-state index contributed by atoms with van der Waals surface area (Å²) in [6.45, 7) is 0. The highest BCUT2D eigenvalue weighted by Crippen LogP contribution is 2.23. The molecule has 0 saturated heterocycles. The van der Waals surface area contributed by atoms with Gasteiger partial charge in [-0.05, 0) is 24.3 Å². The minimum absolute atomic E-state index is 0.0362. The molecule has 28 heavy (non-hydrogen) atoms. The van der Waals surface area contributed by atoms with Crippen molar-refractivity contribution >= 4 is 11.9 Å². The van der Waals surface area contributed by atoms with Gasteiger partial charge in [-0.25, -0.2) is 14.6 Å². The maximum absolute atomic E-state index is 12.8. The molecule has 0 unspecified atom stereocenters. The molecule has 0 bridgehead atoms. The average molecular weight is 380 g/mol. The minimum atomic E-state index is -0.935. The molecule has 2 aromatic carbocycles. The summed E-state index contributed by atoms with van der Waals surface area (Å²) in [7, 11) is 2.54. The van der Waals surface area contributed by atoms with Gasteiger partial charge >= 0.3 is 11.9 Å². The first-order chi connectivity index (χ1) is 13.4. The Morgan fingerprint density at radius 1 is 1.04 bits per heavy atom. The molecule has 0 aliphatic carbocycles. The molecule has 0 aliphatic rings. The van der Waals surface area contributed by atoms with Crippen LogP contribution in [0.4, 0.5) is 0 Å². The van der Waals surface area contributed by atoms with Crippen LogP contribution in [0.5, 0.6) is 11.5 Å². The summed E-state index contributed by atoms with van der Waals surface area (Å²) >= 11 is 0. The SMILES string of the molecule is COC(=O)c1nc(-c2cccc(O)c2)n(C)c(=O)c1OC(=O)c1ccccc1. The van der Waals surface area contributed by atoms with Crippen LogP contribution in [-0.2, 0) is 11.8 Å². The van der Waals surface area contributed by atoms with Crippen LogP contribution in [0.25, 0.3) is 11.4 Å². The summed E-state index contributed by atoms with van der Waals surface area (Å²) in [5, 5.41) is 9.68. The van der Waals surface area contributed by atoms with E-state index in [2.05, 4.69) is 9.72 Å². The van der Waals surface area contributed by atoms with Gasteiger partial charge in [-0.1, -0.05) is 30.3 Å². The summed E-state index contributed by atoms with van der Waals surface area (Å²) in [5.41, 5.74) is -0.589. The highest BCUT2D eigenvalue weighted by atomic mass is 16.5. The molecule has 8 heteroatoms. The van der Waals surface area contributed by atoms with E-state index in [1.165, 1.54) is 31.3 Å². The van der Waals surface area contributed by atoms with Crippen molar-refractivity contribution in [1.29, 1.82) is 0 Å². The fraction of sp³-hybridized carbons (Fsp3) is 0.100. The van der Waals surface area contributed by atoms with Crippen LogP contribution in [-0.4, -0.2) is 33.7 Å². The molecule has 3 rings (SSSR count). The number of aromatic hydroxyl groups is 1. The number of hydrogen-bond acceptors (Lipinski definition) is 7. The third-order valence-electron chi connectivity index (χ3n) is 3.94. The van der Waals surface area contributed by atoms with Gasteiger partial charge < -0.3 is 14.6 Å². The van der Waals surface area contributed by atoms with E-state index in [4.69, 9.17) is 4.74 Å². The van der Waals surface area contributed by atoms with Gasteiger partial charge in [-0.15, -0.1) is 0 Å². The van der Waals surface area contributed by atoms with Gasteiger partial charge in [-0.2, -0.15) is 0 Å². The van der Waals surface area contributed by atoms with E-state index in [9.17, 15) is 19.5 Å². The fourth-order valence-electron chi connectivity index (χ4n) is 2.54. The number of aromatic nitrogens is 2. The molecule has 3 aromatic rings. The predicted molar refractivity (Wildman–Crippen MR) is 99.3 cm³/mol. The second kappa shape index (κ2) is 7.75. The lowest BCUT2D eigenvalue weighted by Crippen LogP contribution is -2.28. The number of phenols is 1. The topological polar surface area (TPSA) is 108 Å². The van der Waals surface area contributed by atoms with Gasteiger partial charge in [-0.3, -0.25) is 9.36 Å². The number of ether oxygens (including phenoxy) is 2. The Morgan fingerprint density at radius 3 is 2.39 bits per heavy atom. The summed E-state index contributed by atoms with van der Waals surface area (Å²) < 4.78 is 11.0. The fourth-order valence-corrected chi connectivity index (χ4v) is 2.54. The van der Waals surface area contributed by atoms with E-state index in [-0.39, 0.29) is 17.1 Å². The quantitative estimate of drug-likeness (QED) is 0.691. The lowest BCUT2D eigenvalue weighted by molar-refractivity contribution is 0.0584. The van der Waals surface area contributed by atoms with Crippen LogP contribution in [0.1, 0.15) is 20.8 Å². The molecule has 1 N–H and O–H groups in total. The number of nitrogens with zero attached hydrogens (tertiary/aromatic N) is 2. The number of methoxy groups -OCH3 is 1. The number of rotatable bonds is 4. The molecule has 0 aliphatic heterocycles. The van der Waals surface area contributed by atoms with E-state index >= 15 is 0 Å². The summed E-state index contributed by atoms with van der Waals surface area (Å²) in [5.74, 6) is -2.22. The van der Waals surface area contributed by atoms with Crippen molar-refractivity contribution in [3.63, 3.8) is 0 Å². The molecular formula is C20H16N2O6. The van der Waals surface area contributed by atoms with Crippen molar-refractivity contribution in [2.24, 2.45) is 7.05 Å². The Hall–Kier alpha value is -3.94. The van der Waals surface area contributed by atoms with Gasteiger partial charge in [0.2, 0.25) is 5.75 Å². The molecule has 0 fully saturated rings. The molecule has 1 aromatic heterocycles. The highest BCUT2D eigenvalue weighted by Gasteiger charge is 2.25. The zero-order valence-electron chi connectivity index (χ0n) is 15.1. The van der Waals surface area contributed by atoms with Crippen LogP contribution in [0.15, 0.2) is 59.4 Å². The van der Waals surface area contributed by atoms with E-state index in [0.29, 0.717) is 5.56 Å². The minimum Gasteiger partial charge on any atom is -0.508 e. The Balaban J connectivity index is 2.15. The number of hydrogen-bond donors (Lipinski definition) is 1. The van der Waals surface area contributed by atoms with E-state index in [0.717, 1.165) is 11.7 Å². The first kappa shape index (κ1) is 18.8. The third kappa shape index (κ3) is 3.61. The van der Waals surface area contributed by atoms with E-state index in [1.54, 1.807) is 30.3 Å². The van der Waals surface area contributed by atoms with Gasteiger partial charge in [0.25, 0.3) is 5.56 Å². The van der Waals surface area contributed by atoms with E-state index in [1.807, 2.05) is 0 Å². The van der Waals surface area contributed by atoms with Crippen LogP contribution in [0.3, 0.4) is 0 Å². The second-order valence-corrected chi connectivity index (χ2v) is 5.77. The molecule has 8 nitrogen and oxygen atoms in total. The van der Waals surface area contributed by atoms with Crippen molar-refractivity contribution < 1.29 is 24.2 Å². The Kier molecular flexibility index (Phi) is 5.21. The smallest absolute Gasteiger partial charge is 0.360 e. The highest BCUT2D eigenvalue weighted by molar-refractivity contribution is 5.95. The Labute approximate surface area is 159 Å². The molecule has 0 spiro atoms. The normalized spacial score (nSPS) is 10.4. The number of benzene rings is 2. The lowest BCUT2D eigenvalue weighted by Gasteiger charge is -2.13. The maximum Gasteiger partial charge on any atom is 0.360 e. The molecule has 0 atom stereocenters. The first-order valence-electron chi connectivity index (χ1n) is 8.18. The third-order valence-corrected chi connectivity index (χ3v) is 3.94. The van der Waals surface area contributed by atoms with Gasteiger partial charge in [0, 0.05) is 12.6 Å².